The van der Waals surface area contributed by atoms with Gasteiger partial charge >= 0.3 is 12.4 Å². The minimum atomic E-state index is -4.59. The SMILES string of the molecule is C.Nc1ccc2nc(-c3ccc(Cl)c(C(F)(F)F)c3)[nH]c2c1.O=[N+]([O-])c1ccc2nc(-c3ccc(Cl)c(C(F)(F)F)c3)[nH]c2c1. The maximum atomic E-state index is 12.9. The molecule has 0 fully saturated rings. The number of hydrogen-bond acceptors (Lipinski definition) is 5. The first kappa shape index (κ1) is 33.1. The van der Waals surface area contributed by atoms with Gasteiger partial charge in [0.05, 0.1) is 48.2 Å². The standard InChI is InChI=1S/C14H7ClF3N3O2.C14H9ClF3N3.CH4/c15-10-3-1-7(5-9(10)14(16,17)18)13-19-11-4-2-8(21(22)23)6-12(11)20-13;15-10-3-1-7(5-9(10)14(16,17)18)13-20-11-4-2-8(19)6-12(11)21-13;/h1-6H,(H,19,20);1-6H,19H2,(H,20,21);1H4. The number of fused-ring (bicyclic) bond motifs is 2. The molecule has 4 N–H and O–H groups in total. The molecule has 6 aromatic rings. The van der Waals surface area contributed by atoms with Crippen molar-refractivity contribution in [2.75, 3.05) is 5.73 Å². The lowest BCUT2D eigenvalue weighted by atomic mass is 10.1. The molecule has 0 radical (unpaired) electrons. The number of nitrogen functional groups attached to an aromatic ring is 1. The van der Waals surface area contributed by atoms with Gasteiger partial charge in [-0.15, -0.1) is 0 Å². The van der Waals surface area contributed by atoms with Crippen molar-refractivity contribution in [2.24, 2.45) is 0 Å². The summed E-state index contributed by atoms with van der Waals surface area (Å²) in [5.74, 6) is 0.500. The van der Waals surface area contributed by atoms with E-state index in [1.54, 1.807) is 18.2 Å². The van der Waals surface area contributed by atoms with Gasteiger partial charge in [0, 0.05) is 28.9 Å². The largest absolute Gasteiger partial charge is 0.417 e. The molecule has 8 nitrogen and oxygen atoms in total. The van der Waals surface area contributed by atoms with Crippen molar-refractivity contribution in [3.05, 3.63) is 104 Å². The minimum absolute atomic E-state index is 0. The molecule has 234 valence electrons. The van der Waals surface area contributed by atoms with E-state index >= 15 is 0 Å². The summed E-state index contributed by atoms with van der Waals surface area (Å²) in [5, 5.41) is 10.00. The smallest absolute Gasteiger partial charge is 0.399 e. The highest BCUT2D eigenvalue weighted by Crippen LogP contribution is 2.38. The van der Waals surface area contributed by atoms with Gasteiger partial charge in [-0.25, -0.2) is 9.97 Å². The van der Waals surface area contributed by atoms with Gasteiger partial charge in [-0.3, -0.25) is 10.1 Å². The number of nitrogens with two attached hydrogens (primary N) is 1. The topological polar surface area (TPSA) is 127 Å². The number of rotatable bonds is 3. The number of halogens is 8. The van der Waals surface area contributed by atoms with Gasteiger partial charge in [0.2, 0.25) is 0 Å². The van der Waals surface area contributed by atoms with Crippen LogP contribution in [-0.2, 0) is 12.4 Å². The van der Waals surface area contributed by atoms with E-state index in [4.69, 9.17) is 28.9 Å². The van der Waals surface area contributed by atoms with Crippen LogP contribution >= 0.6 is 23.2 Å². The van der Waals surface area contributed by atoms with Gasteiger partial charge in [-0.05, 0) is 60.7 Å². The lowest BCUT2D eigenvalue weighted by Gasteiger charge is -2.09. The summed E-state index contributed by atoms with van der Waals surface area (Å²) < 4.78 is 77.3. The molecular formula is C29H20Cl2F6N6O2. The molecule has 0 amide bonds. The maximum absolute atomic E-state index is 12.9. The molecule has 0 spiro atoms. The second kappa shape index (κ2) is 12.3. The normalized spacial score (nSPS) is 11.6. The highest BCUT2D eigenvalue weighted by molar-refractivity contribution is 6.31. The quantitative estimate of drug-likeness (QED) is 0.0748. The maximum Gasteiger partial charge on any atom is 0.417 e. The van der Waals surface area contributed by atoms with Crippen molar-refractivity contribution in [1.29, 1.82) is 0 Å². The van der Waals surface area contributed by atoms with Crippen LogP contribution in [0.5, 0.6) is 0 Å². The predicted octanol–water partition coefficient (Wildman–Crippen LogP) is 9.93. The van der Waals surface area contributed by atoms with E-state index in [0.717, 1.165) is 18.2 Å². The fraction of sp³-hybridized carbons (Fsp3) is 0.103. The van der Waals surface area contributed by atoms with Crippen LogP contribution in [-0.4, -0.2) is 24.9 Å². The molecule has 2 aromatic heterocycles. The summed E-state index contributed by atoms with van der Waals surface area (Å²) in [6, 6.07) is 16.1. The molecule has 6 rings (SSSR count). The average Bonchev–Trinajstić information content (AvgIpc) is 3.56. The van der Waals surface area contributed by atoms with E-state index in [1.807, 2.05) is 0 Å². The highest BCUT2D eigenvalue weighted by atomic mass is 35.5. The zero-order valence-electron chi connectivity index (χ0n) is 21.7. The van der Waals surface area contributed by atoms with Gasteiger partial charge in [0.25, 0.3) is 5.69 Å². The number of imidazole rings is 2. The van der Waals surface area contributed by atoms with Crippen molar-refractivity contribution in [1.82, 2.24) is 19.9 Å². The molecule has 45 heavy (non-hydrogen) atoms. The van der Waals surface area contributed by atoms with Crippen LogP contribution in [0.25, 0.3) is 44.8 Å². The summed E-state index contributed by atoms with van der Waals surface area (Å²) in [5.41, 5.74) is 6.76. The fourth-order valence-corrected chi connectivity index (χ4v) is 4.64. The molecule has 4 aromatic carbocycles. The molecule has 16 heteroatoms. The van der Waals surface area contributed by atoms with E-state index in [-0.39, 0.29) is 29.5 Å². The summed E-state index contributed by atoms with van der Waals surface area (Å²) in [6.07, 6.45) is -9.10. The number of nitro groups is 1. The molecule has 0 aliphatic heterocycles. The number of nitro benzene ring substituents is 1. The summed E-state index contributed by atoms with van der Waals surface area (Å²) in [6.45, 7) is 0. The first-order valence-electron chi connectivity index (χ1n) is 12.2. The molecule has 0 unspecified atom stereocenters. The van der Waals surface area contributed by atoms with Crippen LogP contribution in [0.3, 0.4) is 0 Å². The average molecular weight is 669 g/mol. The van der Waals surface area contributed by atoms with E-state index in [2.05, 4.69) is 19.9 Å². The number of nitrogens with zero attached hydrogens (tertiary/aromatic N) is 3. The first-order valence-corrected chi connectivity index (χ1v) is 13.0. The van der Waals surface area contributed by atoms with Crippen LogP contribution in [0.2, 0.25) is 10.0 Å². The van der Waals surface area contributed by atoms with Crippen LogP contribution in [0.1, 0.15) is 18.6 Å². The monoisotopic (exact) mass is 668 g/mol. The number of hydrogen-bond donors (Lipinski definition) is 3. The minimum Gasteiger partial charge on any atom is -0.399 e. The van der Waals surface area contributed by atoms with Crippen LogP contribution in [0, 0.1) is 10.1 Å². The van der Waals surface area contributed by atoms with E-state index in [0.29, 0.717) is 39.1 Å². The Morgan fingerprint density at radius 2 is 1.13 bits per heavy atom. The molecular weight excluding hydrogens is 649 g/mol. The molecule has 0 saturated heterocycles. The number of anilines is 1. The summed E-state index contributed by atoms with van der Waals surface area (Å²) >= 11 is 11.2. The Hall–Kier alpha value is -4.82. The first-order chi connectivity index (χ1) is 20.6. The zero-order chi connectivity index (χ0) is 32.0. The van der Waals surface area contributed by atoms with Gasteiger partial charge in [-0.1, -0.05) is 30.6 Å². The zero-order valence-corrected chi connectivity index (χ0v) is 23.2. The lowest BCUT2D eigenvalue weighted by molar-refractivity contribution is -0.384. The fourth-order valence-electron chi connectivity index (χ4n) is 4.19. The van der Waals surface area contributed by atoms with Gasteiger partial charge in [0.1, 0.15) is 11.6 Å². The Kier molecular flexibility index (Phi) is 9.03. The number of aromatic nitrogens is 4. The number of H-pyrrole nitrogens is 2. The summed E-state index contributed by atoms with van der Waals surface area (Å²) in [4.78, 5) is 24.3. The van der Waals surface area contributed by atoms with Crippen molar-refractivity contribution < 1.29 is 31.3 Å². The van der Waals surface area contributed by atoms with Crippen LogP contribution < -0.4 is 5.73 Å². The van der Waals surface area contributed by atoms with Gasteiger partial charge < -0.3 is 15.7 Å². The Morgan fingerprint density at radius 1 is 0.689 bits per heavy atom. The Balaban J connectivity index is 0.000000201. The Morgan fingerprint density at radius 3 is 1.58 bits per heavy atom. The Labute approximate surface area is 260 Å². The predicted molar refractivity (Wildman–Crippen MR) is 161 cm³/mol. The van der Waals surface area contributed by atoms with Gasteiger partial charge in [-0.2, -0.15) is 26.3 Å². The van der Waals surface area contributed by atoms with E-state index in [1.165, 1.54) is 36.4 Å². The lowest BCUT2D eigenvalue weighted by Crippen LogP contribution is -2.06. The van der Waals surface area contributed by atoms with Crippen LogP contribution in [0.15, 0.2) is 72.8 Å². The second-order valence-corrected chi connectivity index (χ2v) is 10.1. The summed E-state index contributed by atoms with van der Waals surface area (Å²) in [7, 11) is 0. The number of non-ortho nitro benzene ring substituents is 1. The Bertz CT molecular complexity index is 2040. The van der Waals surface area contributed by atoms with Crippen molar-refractivity contribution >= 4 is 56.6 Å². The third kappa shape index (κ3) is 7.13. The highest BCUT2D eigenvalue weighted by Gasteiger charge is 2.34. The second-order valence-electron chi connectivity index (χ2n) is 9.29. The molecule has 0 atom stereocenters. The van der Waals surface area contributed by atoms with Crippen molar-refractivity contribution in [3.63, 3.8) is 0 Å². The molecule has 0 saturated carbocycles. The third-order valence-electron chi connectivity index (χ3n) is 6.27. The van der Waals surface area contributed by atoms with Crippen molar-refractivity contribution in [2.45, 2.75) is 19.8 Å². The molecule has 0 aliphatic rings. The van der Waals surface area contributed by atoms with E-state index in [9.17, 15) is 36.5 Å². The molecule has 0 bridgehead atoms. The number of benzene rings is 4. The van der Waals surface area contributed by atoms with Crippen molar-refractivity contribution in [3.8, 4) is 22.8 Å². The number of nitrogens with one attached hydrogen (secondary N) is 2. The third-order valence-corrected chi connectivity index (χ3v) is 6.93. The molecule has 0 aliphatic carbocycles. The number of aromatic amines is 2. The van der Waals surface area contributed by atoms with Crippen LogP contribution in [0.4, 0.5) is 37.7 Å². The molecule has 2 heterocycles. The van der Waals surface area contributed by atoms with E-state index < -0.39 is 33.4 Å². The number of alkyl halides is 6. The van der Waals surface area contributed by atoms with Gasteiger partial charge in [0.15, 0.2) is 0 Å².